The predicted molar refractivity (Wildman–Crippen MR) is 316 cm³/mol. The second-order valence-electron chi connectivity index (χ2n) is 20.1. The van der Waals surface area contributed by atoms with E-state index in [9.17, 15) is 28.9 Å². The summed E-state index contributed by atoms with van der Waals surface area (Å²) in [5.41, 5.74) is 0. The molecule has 3 atom stereocenters. The lowest BCUT2D eigenvalue weighted by molar-refractivity contribution is -0.161. The number of hydrogen-bond donors (Lipinski definition) is 2. The number of rotatable bonds is 56. The molecule has 11 nitrogen and oxygen atoms in total. The number of hydrogen-bond acceptors (Lipinski definition) is 10. The van der Waals surface area contributed by atoms with E-state index >= 15 is 0 Å². The van der Waals surface area contributed by atoms with Crippen molar-refractivity contribution in [2.45, 2.75) is 277 Å². The summed E-state index contributed by atoms with van der Waals surface area (Å²) in [4.78, 5) is 48.6. The van der Waals surface area contributed by atoms with Crippen LogP contribution in [0.4, 0.5) is 0 Å². The minimum absolute atomic E-state index is 0.146. The topological polar surface area (TPSA) is 155 Å². The van der Waals surface area contributed by atoms with Crippen molar-refractivity contribution in [1.82, 2.24) is 0 Å². The number of aliphatic hydroxyl groups is 1. The summed E-state index contributed by atoms with van der Waals surface area (Å²) in [5, 5.41) is 9.83. The van der Waals surface area contributed by atoms with Gasteiger partial charge in [-0.15, -0.1) is 0 Å². The molecule has 0 bridgehead atoms. The number of aliphatic hydroxyl groups excluding tert-OH is 1. The molecule has 0 aliphatic rings. The van der Waals surface area contributed by atoms with Gasteiger partial charge in [0, 0.05) is 19.3 Å². The van der Waals surface area contributed by atoms with Crippen molar-refractivity contribution >= 4 is 25.7 Å². The molecule has 0 aliphatic heterocycles. The normalized spacial score (nSPS) is 13.9. The largest absolute Gasteiger partial charge is 0.472 e. The summed E-state index contributed by atoms with van der Waals surface area (Å²) in [6, 6.07) is 0. The zero-order valence-corrected chi connectivity index (χ0v) is 49.3. The summed E-state index contributed by atoms with van der Waals surface area (Å²) < 4.78 is 39.6. The van der Waals surface area contributed by atoms with Crippen LogP contribution in [0.3, 0.4) is 0 Å². The number of phosphoric ester groups is 1. The minimum Gasteiger partial charge on any atom is -0.462 e. The molecule has 3 unspecified atom stereocenters. The third kappa shape index (κ3) is 55.4. The van der Waals surface area contributed by atoms with Crippen molar-refractivity contribution in [1.29, 1.82) is 0 Å². The molecule has 0 rings (SSSR count). The average Bonchev–Trinajstić information content (AvgIpc) is 3.41. The van der Waals surface area contributed by atoms with Crippen LogP contribution in [0.5, 0.6) is 0 Å². The lowest BCUT2D eigenvalue weighted by Crippen LogP contribution is -2.30. The van der Waals surface area contributed by atoms with Crippen LogP contribution in [0, 0.1) is 0 Å². The van der Waals surface area contributed by atoms with Gasteiger partial charge in [0.1, 0.15) is 12.7 Å². The van der Waals surface area contributed by atoms with Crippen LogP contribution in [0.25, 0.3) is 0 Å². The van der Waals surface area contributed by atoms with Crippen molar-refractivity contribution in [3.05, 3.63) is 85.1 Å². The Labute approximate surface area is 464 Å². The monoisotopic (exact) mass is 1090 g/mol. The Hall–Kier alpha value is -3.34. The molecule has 76 heavy (non-hydrogen) atoms. The standard InChI is InChI=1S/C64H111O11P/c1-4-7-10-13-16-19-22-25-27-29-30-32-34-37-40-43-46-49-52-55-64(68)75-61(57-71-62(66)53-50-47-44-41-38-35-24-21-18-15-12-9-6-3)59-73-76(69,70)72-58-60(56-65)74-63(67)54-51-48-45-42-39-36-33-31-28-26-23-20-17-14-11-8-5-2/h8,11-12,15,17,20-21,24-28,33,36,60-61,65H,4-7,9-10,13-14,16,18-19,22-23,29-32,34-35,37-59H2,1-3H3,(H,69,70)/b11-8-,15-12-,20-17-,24-21-,27-25-,28-26-,36-33-. The highest BCUT2D eigenvalue weighted by atomic mass is 31.2. The fourth-order valence-corrected chi connectivity index (χ4v) is 8.93. The predicted octanol–water partition coefficient (Wildman–Crippen LogP) is 18.3. The fraction of sp³-hybridized carbons (Fsp3) is 0.734. The van der Waals surface area contributed by atoms with Crippen LogP contribution in [-0.4, -0.2) is 66.5 Å². The van der Waals surface area contributed by atoms with Gasteiger partial charge in [0.25, 0.3) is 0 Å². The Kier molecular flexibility index (Phi) is 55.3. The maximum Gasteiger partial charge on any atom is 0.472 e. The Morgan fingerprint density at radius 3 is 1.12 bits per heavy atom. The molecule has 0 heterocycles. The highest BCUT2D eigenvalue weighted by Crippen LogP contribution is 2.43. The smallest absolute Gasteiger partial charge is 0.462 e. The van der Waals surface area contributed by atoms with Gasteiger partial charge in [-0.1, -0.05) is 221 Å². The van der Waals surface area contributed by atoms with Gasteiger partial charge >= 0.3 is 25.7 Å². The summed E-state index contributed by atoms with van der Waals surface area (Å²) in [6.45, 7) is 4.44. The molecule has 0 saturated heterocycles. The number of ether oxygens (including phenoxy) is 3. The second-order valence-corrected chi connectivity index (χ2v) is 21.6. The molecule has 0 aromatic heterocycles. The number of phosphoric acid groups is 1. The quantitative estimate of drug-likeness (QED) is 0.0197. The van der Waals surface area contributed by atoms with Crippen molar-refractivity contribution in [2.75, 3.05) is 26.4 Å². The molecule has 0 aliphatic carbocycles. The van der Waals surface area contributed by atoms with Crippen LogP contribution in [0.1, 0.15) is 265 Å². The summed E-state index contributed by atoms with van der Waals surface area (Å²) in [5.74, 6) is -1.50. The fourth-order valence-electron chi connectivity index (χ4n) is 8.14. The maximum atomic E-state index is 12.9. The van der Waals surface area contributed by atoms with E-state index < -0.39 is 57.8 Å². The van der Waals surface area contributed by atoms with Crippen LogP contribution in [0.2, 0.25) is 0 Å². The van der Waals surface area contributed by atoms with Gasteiger partial charge in [-0.05, 0) is 109 Å². The van der Waals surface area contributed by atoms with Gasteiger partial charge < -0.3 is 24.2 Å². The Bertz CT molecular complexity index is 1600. The van der Waals surface area contributed by atoms with Crippen LogP contribution in [0.15, 0.2) is 85.1 Å². The summed E-state index contributed by atoms with van der Waals surface area (Å²) >= 11 is 0. The molecular weight excluding hydrogens is 976 g/mol. The van der Waals surface area contributed by atoms with E-state index in [-0.39, 0.29) is 25.9 Å². The molecule has 0 radical (unpaired) electrons. The van der Waals surface area contributed by atoms with E-state index in [1.165, 1.54) is 89.9 Å². The van der Waals surface area contributed by atoms with Crippen LogP contribution < -0.4 is 0 Å². The van der Waals surface area contributed by atoms with Gasteiger partial charge in [-0.2, -0.15) is 0 Å². The Balaban J connectivity index is 4.72. The van der Waals surface area contributed by atoms with E-state index in [0.29, 0.717) is 19.3 Å². The van der Waals surface area contributed by atoms with Crippen LogP contribution in [-0.2, 0) is 42.2 Å². The van der Waals surface area contributed by atoms with Crippen molar-refractivity contribution in [2.24, 2.45) is 0 Å². The summed E-state index contributed by atoms with van der Waals surface area (Å²) in [6.07, 6.45) is 66.8. The Morgan fingerprint density at radius 1 is 0.382 bits per heavy atom. The van der Waals surface area contributed by atoms with E-state index in [4.69, 9.17) is 23.3 Å². The zero-order chi connectivity index (χ0) is 55.5. The summed E-state index contributed by atoms with van der Waals surface area (Å²) in [7, 11) is -4.76. The molecule has 12 heteroatoms. The van der Waals surface area contributed by atoms with Crippen LogP contribution >= 0.6 is 7.82 Å². The molecule has 0 aromatic rings. The highest BCUT2D eigenvalue weighted by Gasteiger charge is 2.28. The second kappa shape index (κ2) is 57.8. The molecule has 438 valence electrons. The van der Waals surface area contributed by atoms with Gasteiger partial charge in [0.15, 0.2) is 6.10 Å². The number of unbranched alkanes of at least 4 members (excludes halogenated alkanes) is 25. The molecule has 0 amide bonds. The van der Waals surface area contributed by atoms with Gasteiger partial charge in [0.05, 0.1) is 19.8 Å². The van der Waals surface area contributed by atoms with Gasteiger partial charge in [-0.3, -0.25) is 23.4 Å². The molecule has 0 spiro atoms. The highest BCUT2D eigenvalue weighted by molar-refractivity contribution is 7.47. The number of carbonyl (C=O) groups is 3. The first kappa shape index (κ1) is 72.7. The molecule has 0 aromatic carbocycles. The lowest BCUT2D eigenvalue weighted by atomic mass is 10.1. The van der Waals surface area contributed by atoms with Gasteiger partial charge in [0.2, 0.25) is 0 Å². The minimum atomic E-state index is -4.76. The number of esters is 3. The lowest BCUT2D eigenvalue weighted by Gasteiger charge is -2.21. The number of allylic oxidation sites excluding steroid dienone is 14. The maximum absolute atomic E-state index is 12.9. The average molecular weight is 1090 g/mol. The van der Waals surface area contributed by atoms with E-state index in [2.05, 4.69) is 106 Å². The van der Waals surface area contributed by atoms with Crippen molar-refractivity contribution in [3.8, 4) is 0 Å². The van der Waals surface area contributed by atoms with Gasteiger partial charge in [-0.25, -0.2) is 4.57 Å². The molecular formula is C64H111O11P. The SMILES string of the molecule is CC/C=C\C/C=C\C/C=C\C/C=C\CCCCCCC(=O)OC(CO)COP(=O)(O)OCC(COC(=O)CCCCCCC/C=C\C/C=C\CCC)OC(=O)CCCCCCCCCCC/C=C\CCCCCCCC. The Morgan fingerprint density at radius 2 is 0.711 bits per heavy atom. The van der Waals surface area contributed by atoms with E-state index in [0.717, 1.165) is 116 Å². The molecule has 0 fully saturated rings. The molecule has 2 N–H and O–H groups in total. The van der Waals surface area contributed by atoms with E-state index in [1.807, 2.05) is 0 Å². The third-order valence-corrected chi connectivity index (χ3v) is 13.7. The zero-order valence-electron chi connectivity index (χ0n) is 48.5. The third-order valence-electron chi connectivity index (χ3n) is 12.8. The first-order chi connectivity index (χ1) is 37.2. The number of carbonyl (C=O) groups excluding carboxylic acids is 3. The first-order valence-corrected chi connectivity index (χ1v) is 32.0. The van der Waals surface area contributed by atoms with E-state index in [1.54, 1.807) is 0 Å². The molecule has 0 saturated carbocycles. The first-order valence-electron chi connectivity index (χ1n) is 30.5. The van der Waals surface area contributed by atoms with Crippen molar-refractivity contribution in [3.63, 3.8) is 0 Å². The van der Waals surface area contributed by atoms with Crippen molar-refractivity contribution < 1.29 is 52.2 Å².